The first kappa shape index (κ1) is 96.4. The van der Waals surface area contributed by atoms with Crippen LogP contribution in [0.1, 0.15) is 94.7 Å². The van der Waals surface area contributed by atoms with E-state index >= 15 is 0 Å². The number of nitrogens with one attached hydrogen (secondary N) is 10. The minimum atomic E-state index is -1.89. The number of aromatic hydroxyl groups is 1. The van der Waals surface area contributed by atoms with Crippen molar-refractivity contribution in [2.24, 2.45) is 34.0 Å². The van der Waals surface area contributed by atoms with E-state index in [1.54, 1.807) is 94.2 Å². The van der Waals surface area contributed by atoms with Gasteiger partial charge in [0.2, 0.25) is 59.1 Å². The number of aliphatic hydroxyl groups excluding tert-OH is 2. The Morgan fingerprint density at radius 3 is 1.49 bits per heavy atom. The van der Waals surface area contributed by atoms with E-state index in [4.69, 9.17) is 21.9 Å². The number of primary amides is 1. The van der Waals surface area contributed by atoms with Crippen LogP contribution in [0.5, 0.6) is 5.75 Å². The summed E-state index contributed by atoms with van der Waals surface area (Å²) in [5.41, 5.74) is 18.8. The average Bonchev–Trinajstić information content (AvgIpc) is 1.67. The number of phenolic OH excluding ortho intramolecular Hbond substituents is 1. The van der Waals surface area contributed by atoms with Gasteiger partial charge in [0.05, 0.1) is 39.3 Å². The third-order valence-electron chi connectivity index (χ3n) is 19.5. The standard InChI is InChI=1S/C76H110N18O21.Lu/c1-46(2)32-55(69(108)88-59(73(112)89-61(42-95)67(77)106)36-50-38-81-53-17-10-9-16-52(50)53)84-70(109)58(35-49-19-21-51(98)22-20-49)85-68(107)54(18-11-23-80-76(78)79)83-75(114)62(43-96)90-72(111)57(34-48-14-7-4-8-15-48)86-71(110)56(33-47-12-5-3-6-13-47)87-74(113)60(37-64(100)101)82-63(99)39-91-24-26-92(40-65(102)103)28-30-94(44-115-45-97)31-29-93(27-25-91)41-66(104)105;/h4,7-10,14-17,19-22,38,45-47,54-62,81,95-96,98H,3,5-6,11-13,18,23-37,39-44H2,1-2H3,(H2,77,106)(H,82,99)(H,83,114)(H,84,109)(H,85,107)(H,86,110)(H,87,113)(H,88,108)(H,89,112)(H,90,111)(H,100,101)(H,102,103)(H,104,105)(H4,78,79,80);/t54?,55-,56-,57?,58-,59-,60-,61-,62?;/m0./s1/i;1+2. The number of phenols is 1. The van der Waals surface area contributed by atoms with Crippen molar-refractivity contribution >= 4 is 100 Å². The molecule has 1 aliphatic carbocycles. The van der Waals surface area contributed by atoms with Crippen LogP contribution in [-0.2, 0) is 91.1 Å². The molecule has 9 atom stereocenters. The van der Waals surface area contributed by atoms with Gasteiger partial charge in [0.1, 0.15) is 66.9 Å². The van der Waals surface area contributed by atoms with Gasteiger partial charge < -0.3 is 105 Å². The molecule has 1 saturated heterocycles. The Balaban J connectivity index is 0.0000240. The maximum Gasteiger partial charge on any atom is 0.317 e. The van der Waals surface area contributed by atoms with E-state index in [0.717, 1.165) is 19.3 Å². The first-order valence-corrected chi connectivity index (χ1v) is 38.2. The number of aliphatic carboxylic acids is 3. The normalized spacial score (nSPS) is 16.4. The number of ether oxygens (including phenoxy) is 1. The molecule has 1 aromatic heterocycles. The summed E-state index contributed by atoms with van der Waals surface area (Å²) >= 11 is 0. The van der Waals surface area contributed by atoms with Gasteiger partial charge in [-0.05, 0) is 72.4 Å². The molecule has 2 heterocycles. The fourth-order valence-electron chi connectivity index (χ4n) is 13.4. The summed E-state index contributed by atoms with van der Waals surface area (Å²) in [7, 11) is 0. The average molecular weight is 1790 g/mol. The SMILES string of the molecule is CC(C)C[C@H](NC(=O)[C@H](Cc1ccc(O)cc1)NC(=O)C(CCCN=C(N)N)NC(=O)C(CO)NC(=O)C(Cc1ccccc1)NC(=O)[C@H](CC1CCCCC1)NC(=O)[C@H](CC(=O)O)NC(=O)CN1CCN(CC(=O)O)CCN(COC=O)CCN(CC(=O)O)CC1)C(=O)N[C@@H](Cc1c[nH]c2ccccc12)C(=O)N[C@@H](CO)C(N)=O.[177Lu]. The molecule has 39 nitrogen and oxygen atoms in total. The first-order chi connectivity index (χ1) is 54.9. The molecule has 0 spiro atoms. The number of aromatic nitrogens is 1. The van der Waals surface area contributed by atoms with E-state index in [1.807, 2.05) is 0 Å². The number of amides is 10. The number of aromatic amines is 1. The number of aliphatic imine (C=N–C) groups is 1. The smallest absolute Gasteiger partial charge is 0.317 e. The van der Waals surface area contributed by atoms with Crippen LogP contribution in [0.2, 0.25) is 0 Å². The van der Waals surface area contributed by atoms with E-state index in [9.17, 15) is 97.8 Å². The minimum absolute atomic E-state index is 0. The molecule has 4 aromatic rings. The van der Waals surface area contributed by atoms with Crippen molar-refractivity contribution in [1.82, 2.24) is 72.4 Å². The van der Waals surface area contributed by atoms with E-state index in [1.165, 1.54) is 24.3 Å². The fourth-order valence-corrected chi connectivity index (χ4v) is 13.4. The summed E-state index contributed by atoms with van der Waals surface area (Å²) in [5.74, 6) is -14.7. The summed E-state index contributed by atoms with van der Waals surface area (Å²) < 4.78 is 4.95. The Kier molecular flexibility index (Phi) is 41.9. The molecule has 2 aliphatic rings. The second kappa shape index (κ2) is 50.4. The van der Waals surface area contributed by atoms with Crippen molar-refractivity contribution in [3.05, 3.63) is 102 Å². The number of carboxylic acids is 3. The number of nitrogens with two attached hydrogens (primary N) is 3. The molecule has 2 fully saturated rings. The number of hydrogen-bond donors (Lipinski definition) is 19. The van der Waals surface area contributed by atoms with Crippen LogP contribution in [0.3, 0.4) is 0 Å². The number of aliphatic hydroxyl groups is 2. The van der Waals surface area contributed by atoms with Gasteiger partial charge in [0.15, 0.2) is 5.96 Å². The molecule has 6 rings (SSSR count). The summed E-state index contributed by atoms with van der Waals surface area (Å²) in [6, 6.07) is 6.54. The Morgan fingerprint density at radius 2 is 0.966 bits per heavy atom. The number of hydrogen-bond acceptors (Lipinski definition) is 23. The van der Waals surface area contributed by atoms with Crippen LogP contribution in [0.4, 0.5) is 0 Å². The van der Waals surface area contributed by atoms with Gasteiger partial charge >= 0.3 is 17.9 Å². The molecule has 1 saturated carbocycles. The van der Waals surface area contributed by atoms with Crippen LogP contribution in [0, 0.1) is 48.7 Å². The largest absolute Gasteiger partial charge is 0.508 e. The van der Waals surface area contributed by atoms with E-state index in [0.29, 0.717) is 40.4 Å². The zero-order valence-electron chi connectivity index (χ0n) is 64.8. The number of fused-ring (bicyclic) bond motifs is 1. The predicted molar refractivity (Wildman–Crippen MR) is 416 cm³/mol. The maximum atomic E-state index is 15.0. The number of benzene rings is 3. The van der Waals surface area contributed by atoms with Gasteiger partial charge in [-0.2, -0.15) is 0 Å². The van der Waals surface area contributed by atoms with Gasteiger partial charge in [-0.1, -0.05) is 107 Å². The van der Waals surface area contributed by atoms with Gasteiger partial charge in [-0.25, -0.2) is 0 Å². The number of guanidine groups is 1. The van der Waals surface area contributed by atoms with Gasteiger partial charge in [-0.3, -0.25) is 91.7 Å². The molecule has 40 heteroatoms. The van der Waals surface area contributed by atoms with Crippen LogP contribution in [0.15, 0.2) is 90.1 Å². The minimum Gasteiger partial charge on any atom is -0.508 e. The third-order valence-corrected chi connectivity index (χ3v) is 19.5. The van der Waals surface area contributed by atoms with Crippen molar-refractivity contribution in [2.75, 3.05) is 98.5 Å². The number of carbonyl (C=O) groups excluding carboxylic acids is 11. The molecule has 116 heavy (non-hydrogen) atoms. The number of para-hydroxylation sites is 1. The predicted octanol–water partition coefficient (Wildman–Crippen LogP) is -4.20. The Hall–Kier alpha value is -10.2. The fraction of sp³-hybridized carbons (Fsp3) is 0.539. The Morgan fingerprint density at radius 1 is 0.517 bits per heavy atom. The van der Waals surface area contributed by atoms with Crippen molar-refractivity contribution in [3.8, 4) is 5.75 Å². The molecule has 22 N–H and O–H groups in total. The molecule has 0 bridgehead atoms. The van der Waals surface area contributed by atoms with Crippen molar-refractivity contribution in [2.45, 2.75) is 152 Å². The van der Waals surface area contributed by atoms with E-state index < -0.39 is 171 Å². The molecule has 645 valence electrons. The summed E-state index contributed by atoms with van der Waals surface area (Å²) in [5, 5.41) is 84.7. The quantitative estimate of drug-likeness (QED) is 0.00864. The van der Waals surface area contributed by atoms with Crippen LogP contribution >= 0.6 is 0 Å². The zero-order chi connectivity index (χ0) is 84.1. The molecular weight excluding hydrogens is 1680 g/mol. The van der Waals surface area contributed by atoms with Gasteiger partial charge in [0.25, 0.3) is 6.47 Å². The van der Waals surface area contributed by atoms with Gasteiger partial charge in [-0.15, -0.1) is 0 Å². The summed E-state index contributed by atoms with van der Waals surface area (Å²) in [6.07, 6.45) is 3.24. The molecule has 3 unspecified atom stereocenters. The second-order valence-corrected chi connectivity index (χ2v) is 29.0. The monoisotopic (exact) mass is 1790 g/mol. The Labute approximate surface area is 699 Å². The molecule has 3 aromatic carbocycles. The van der Waals surface area contributed by atoms with E-state index in [2.05, 4.69) is 57.8 Å². The van der Waals surface area contributed by atoms with Crippen molar-refractivity contribution < 1.29 is 139 Å². The van der Waals surface area contributed by atoms with Crippen LogP contribution < -0.4 is 65.1 Å². The number of rotatable bonds is 45. The number of nitrogens with zero attached hydrogens (tertiary/aromatic N) is 5. The zero-order valence-corrected chi connectivity index (χ0v) is 66.5. The molecule has 10 amide bonds. The molecular formula is C76H110LuN18O21. The maximum absolute atomic E-state index is 15.0. The van der Waals surface area contributed by atoms with Crippen LogP contribution in [0.25, 0.3) is 10.9 Å². The van der Waals surface area contributed by atoms with Crippen LogP contribution in [-0.4, -0.2) is 297 Å². The summed E-state index contributed by atoms with van der Waals surface area (Å²) in [4.78, 5) is 205. The number of H-pyrrole nitrogens is 1. The van der Waals surface area contributed by atoms with Gasteiger partial charge in [0, 0.05) is 132 Å². The number of carbonyl (C=O) groups is 14. The summed E-state index contributed by atoms with van der Waals surface area (Å²) in [6.45, 7) is 1.16. The topological polar surface area (TPSA) is 597 Å². The molecule has 1 radical (unpaired) electrons. The Bertz CT molecular complexity index is 3910. The van der Waals surface area contributed by atoms with Crippen molar-refractivity contribution in [3.63, 3.8) is 0 Å². The number of carboxylic acid groups (broad SMARTS) is 3. The second-order valence-electron chi connectivity index (χ2n) is 29.0. The van der Waals surface area contributed by atoms with Crippen molar-refractivity contribution in [1.29, 1.82) is 0 Å². The molecule has 1 aliphatic heterocycles. The van der Waals surface area contributed by atoms with E-state index in [-0.39, 0.29) is 177 Å². The third kappa shape index (κ3) is 34.3. The first-order valence-electron chi connectivity index (χ1n) is 38.2.